The van der Waals surface area contributed by atoms with Crippen molar-refractivity contribution in [3.05, 3.63) is 0 Å². The molecule has 0 radical (unpaired) electrons. The molecule has 0 spiro atoms. The fraction of sp³-hybridized carbons (Fsp3) is 0.600. The summed E-state index contributed by atoms with van der Waals surface area (Å²) in [5, 5.41) is 8.01. The smallest absolute Gasteiger partial charge is 1.00 e. The first-order valence-electron chi connectivity index (χ1n) is 2.54. The molecule has 0 rings (SSSR count). The van der Waals surface area contributed by atoms with E-state index in [1.165, 1.54) is 0 Å². The number of esters is 1. The van der Waals surface area contributed by atoms with Gasteiger partial charge in [-0.05, 0) is 6.92 Å². The van der Waals surface area contributed by atoms with Crippen LogP contribution in [-0.4, -0.2) is 23.7 Å². The summed E-state index contributed by atoms with van der Waals surface area (Å²) in [5.74, 6) is -1.85. The number of carboxylic acid groups (broad SMARTS) is 1. The third-order valence-electron chi connectivity index (χ3n) is 0.601. The largest absolute Gasteiger partial charge is 1.00 e. The van der Waals surface area contributed by atoms with Crippen molar-refractivity contribution in [1.29, 1.82) is 0 Å². The number of ether oxygens (including phenoxy) is 1. The van der Waals surface area contributed by atoms with Crippen LogP contribution in [-0.2, 0) is 14.3 Å². The Bertz CT molecular complexity index is 128. The van der Waals surface area contributed by atoms with Crippen LogP contribution in [0.1, 0.15) is 14.8 Å². The van der Waals surface area contributed by atoms with Crippen LogP contribution in [0.5, 0.6) is 0 Å². The van der Waals surface area contributed by atoms with Crippen LogP contribution in [0.3, 0.4) is 0 Å². The second kappa shape index (κ2) is 6.65. The molecule has 0 unspecified atom stereocenters. The van der Waals surface area contributed by atoms with E-state index in [1.807, 2.05) is 0 Å². The van der Waals surface area contributed by atoms with E-state index >= 15 is 0 Å². The van der Waals surface area contributed by atoms with E-state index < -0.39 is 18.4 Å². The van der Waals surface area contributed by atoms with Gasteiger partial charge in [0.25, 0.3) is 0 Å². The Morgan fingerprint density at radius 3 is 2.40 bits per heavy atom. The Labute approximate surface area is 72.2 Å². The number of hydrogen-bond donors (Lipinski definition) is 1. The summed E-state index contributed by atoms with van der Waals surface area (Å²) in [6.07, 6.45) is -0.548. The molecular weight excluding hydrogens is 131 g/mol. The maximum absolute atomic E-state index is 10.3. The number of aliphatic carboxylic acids is 1. The van der Waals surface area contributed by atoms with E-state index in [-0.39, 0.29) is 26.9 Å². The van der Waals surface area contributed by atoms with Gasteiger partial charge >= 0.3 is 30.8 Å². The van der Waals surface area contributed by atoms with Gasteiger partial charge in [0.05, 0.1) is 6.61 Å². The van der Waals surface area contributed by atoms with Crippen molar-refractivity contribution in [2.45, 2.75) is 13.3 Å². The van der Waals surface area contributed by atoms with E-state index in [0.29, 0.717) is 0 Å². The molecule has 0 amide bonds. The molecule has 0 aliphatic rings. The number of carbonyl (C=O) groups excluding carboxylic acids is 1. The molecule has 0 aromatic rings. The summed E-state index contributed by atoms with van der Waals surface area (Å²) >= 11 is 0. The summed E-state index contributed by atoms with van der Waals surface area (Å²) in [5.41, 5.74) is 0. The van der Waals surface area contributed by atoms with E-state index in [4.69, 9.17) is 5.11 Å². The number of carboxylic acids is 1. The third-order valence-corrected chi connectivity index (χ3v) is 0.601. The number of rotatable bonds is 3. The van der Waals surface area contributed by atoms with Crippen molar-refractivity contribution in [2.24, 2.45) is 0 Å². The standard InChI is InChI=1S/C5H8O4.Li.H/c1-2-9-5(8)3-4(6)7;;/h2-3H2,1H3,(H,6,7);;/q;+1;-1. The van der Waals surface area contributed by atoms with Crippen molar-refractivity contribution in [3.63, 3.8) is 0 Å². The van der Waals surface area contributed by atoms with Gasteiger partial charge in [-0.2, -0.15) is 0 Å². The summed E-state index contributed by atoms with van der Waals surface area (Å²) in [4.78, 5) is 20.0. The van der Waals surface area contributed by atoms with Gasteiger partial charge in [0.15, 0.2) is 0 Å². The second-order valence-electron chi connectivity index (χ2n) is 1.38. The summed E-state index contributed by atoms with van der Waals surface area (Å²) in [6.45, 7) is 1.85. The maximum atomic E-state index is 10.3. The molecule has 0 bridgehead atoms. The molecule has 0 atom stereocenters. The van der Waals surface area contributed by atoms with Crippen molar-refractivity contribution in [2.75, 3.05) is 6.61 Å². The molecule has 0 aromatic heterocycles. The molecule has 54 valence electrons. The molecule has 0 aromatic carbocycles. The van der Waals surface area contributed by atoms with Crippen molar-refractivity contribution >= 4 is 11.9 Å². The molecule has 0 fully saturated rings. The monoisotopic (exact) mass is 140 g/mol. The van der Waals surface area contributed by atoms with E-state index in [0.717, 1.165) is 0 Å². The Hall–Kier alpha value is -0.463. The van der Waals surface area contributed by atoms with Crippen LogP contribution in [0.25, 0.3) is 0 Å². The predicted octanol–water partition coefficient (Wildman–Crippen LogP) is -2.86. The Balaban J connectivity index is -0.000000320. The summed E-state index contributed by atoms with van der Waals surface area (Å²) in [7, 11) is 0. The summed E-state index contributed by atoms with van der Waals surface area (Å²) < 4.78 is 4.33. The third kappa shape index (κ3) is 7.54. The normalized spacial score (nSPS) is 7.70. The van der Waals surface area contributed by atoms with Crippen molar-refractivity contribution in [3.8, 4) is 0 Å². The van der Waals surface area contributed by atoms with Gasteiger partial charge < -0.3 is 11.3 Å². The van der Waals surface area contributed by atoms with Gasteiger partial charge in [-0.3, -0.25) is 9.59 Å². The predicted molar refractivity (Wildman–Crippen MR) is 30.0 cm³/mol. The van der Waals surface area contributed by atoms with Crippen LogP contribution >= 0.6 is 0 Å². The van der Waals surface area contributed by atoms with Gasteiger partial charge in [0.1, 0.15) is 6.42 Å². The number of hydrogen-bond acceptors (Lipinski definition) is 3. The molecule has 1 N–H and O–H groups in total. The first-order valence-corrected chi connectivity index (χ1v) is 2.54. The molecule has 10 heavy (non-hydrogen) atoms. The first-order chi connectivity index (χ1) is 4.16. The van der Waals surface area contributed by atoms with Gasteiger partial charge in [0, 0.05) is 0 Å². The van der Waals surface area contributed by atoms with Crippen LogP contribution in [0.4, 0.5) is 0 Å². The topological polar surface area (TPSA) is 63.6 Å². The fourth-order valence-corrected chi connectivity index (χ4v) is 0.335. The molecule has 0 aliphatic carbocycles. The molecule has 0 saturated carbocycles. The minimum atomic E-state index is -1.16. The average Bonchev–Trinajstić information content (AvgIpc) is 1.63. The molecule has 4 nitrogen and oxygen atoms in total. The van der Waals surface area contributed by atoms with Crippen molar-refractivity contribution in [1.82, 2.24) is 0 Å². The van der Waals surface area contributed by atoms with E-state index in [1.54, 1.807) is 6.92 Å². The Morgan fingerprint density at radius 2 is 2.10 bits per heavy atom. The Kier molecular flexibility index (Phi) is 8.14. The zero-order valence-corrected chi connectivity index (χ0v) is 6.09. The molecular formula is C5H9LiO4. The van der Waals surface area contributed by atoms with E-state index in [2.05, 4.69) is 4.74 Å². The zero-order valence-electron chi connectivity index (χ0n) is 7.09. The quantitative estimate of drug-likeness (QED) is 0.260. The average molecular weight is 140 g/mol. The summed E-state index contributed by atoms with van der Waals surface area (Å²) in [6, 6.07) is 0. The molecule has 0 aliphatic heterocycles. The fourth-order valence-electron chi connectivity index (χ4n) is 0.335. The van der Waals surface area contributed by atoms with Gasteiger partial charge in [-0.15, -0.1) is 0 Å². The minimum absolute atomic E-state index is 0. The molecule has 0 saturated heterocycles. The first kappa shape index (κ1) is 12.2. The van der Waals surface area contributed by atoms with Gasteiger partial charge in [-0.25, -0.2) is 0 Å². The number of carbonyl (C=O) groups is 2. The molecule has 0 heterocycles. The Morgan fingerprint density at radius 1 is 1.60 bits per heavy atom. The van der Waals surface area contributed by atoms with Gasteiger partial charge in [-0.1, -0.05) is 0 Å². The molecule has 5 heteroatoms. The van der Waals surface area contributed by atoms with Crippen LogP contribution in [0, 0.1) is 0 Å². The van der Waals surface area contributed by atoms with Crippen LogP contribution in [0.2, 0.25) is 0 Å². The van der Waals surface area contributed by atoms with Crippen LogP contribution in [0.15, 0.2) is 0 Å². The second-order valence-corrected chi connectivity index (χ2v) is 1.38. The minimum Gasteiger partial charge on any atom is -1.00 e. The zero-order chi connectivity index (χ0) is 7.28. The maximum Gasteiger partial charge on any atom is 1.00 e. The van der Waals surface area contributed by atoms with E-state index in [9.17, 15) is 9.59 Å². The van der Waals surface area contributed by atoms with Crippen molar-refractivity contribution < 1.29 is 39.7 Å². The van der Waals surface area contributed by atoms with Crippen LogP contribution < -0.4 is 18.9 Å². The van der Waals surface area contributed by atoms with Gasteiger partial charge in [0.2, 0.25) is 0 Å². The SMILES string of the molecule is CCOC(=O)CC(=O)O.[H-].[Li+].